The summed E-state index contributed by atoms with van der Waals surface area (Å²) in [5, 5.41) is 2.06. The van der Waals surface area contributed by atoms with Gasteiger partial charge in [-0.1, -0.05) is 24.3 Å². The SMILES string of the molecule is NC(=O)CN(CCc1cccs1)Cc1ccccc1N. The lowest BCUT2D eigenvalue weighted by Crippen LogP contribution is -2.34. The topological polar surface area (TPSA) is 72.4 Å². The molecule has 0 aliphatic heterocycles. The Morgan fingerprint density at radius 1 is 1.20 bits per heavy atom. The number of primary amides is 1. The summed E-state index contributed by atoms with van der Waals surface area (Å²) < 4.78 is 0. The first-order chi connectivity index (χ1) is 9.65. The van der Waals surface area contributed by atoms with Crippen LogP contribution in [0.25, 0.3) is 0 Å². The third-order valence-electron chi connectivity index (χ3n) is 3.08. The van der Waals surface area contributed by atoms with Gasteiger partial charge in [-0.25, -0.2) is 0 Å². The first kappa shape index (κ1) is 14.6. The number of nitrogen functional groups attached to an aromatic ring is 1. The van der Waals surface area contributed by atoms with Gasteiger partial charge in [-0.2, -0.15) is 0 Å². The summed E-state index contributed by atoms with van der Waals surface area (Å²) in [7, 11) is 0. The van der Waals surface area contributed by atoms with Crippen LogP contribution in [0.15, 0.2) is 41.8 Å². The molecule has 1 heterocycles. The Hall–Kier alpha value is -1.85. The van der Waals surface area contributed by atoms with Crippen LogP contribution in [0, 0.1) is 0 Å². The second kappa shape index (κ2) is 7.07. The highest BCUT2D eigenvalue weighted by Crippen LogP contribution is 2.15. The summed E-state index contributed by atoms with van der Waals surface area (Å²) in [6, 6.07) is 11.8. The van der Waals surface area contributed by atoms with E-state index in [2.05, 4.69) is 11.4 Å². The number of para-hydroxylation sites is 1. The molecule has 0 saturated heterocycles. The molecule has 4 nitrogen and oxygen atoms in total. The third kappa shape index (κ3) is 4.36. The van der Waals surface area contributed by atoms with Crippen molar-refractivity contribution >= 4 is 22.9 Å². The minimum Gasteiger partial charge on any atom is -0.398 e. The highest BCUT2D eigenvalue weighted by atomic mass is 32.1. The Morgan fingerprint density at radius 2 is 2.00 bits per heavy atom. The van der Waals surface area contributed by atoms with Gasteiger partial charge < -0.3 is 11.5 Å². The highest BCUT2D eigenvalue weighted by Gasteiger charge is 2.11. The smallest absolute Gasteiger partial charge is 0.231 e. The maximum atomic E-state index is 11.2. The maximum absolute atomic E-state index is 11.2. The molecule has 5 heteroatoms. The Kier molecular flexibility index (Phi) is 5.15. The number of nitrogens with zero attached hydrogens (tertiary/aromatic N) is 1. The lowest BCUT2D eigenvalue weighted by Gasteiger charge is -2.21. The van der Waals surface area contributed by atoms with Gasteiger partial charge in [0.25, 0.3) is 0 Å². The number of anilines is 1. The fourth-order valence-corrected chi connectivity index (χ4v) is 2.77. The minimum absolute atomic E-state index is 0.250. The third-order valence-corrected chi connectivity index (χ3v) is 4.02. The lowest BCUT2D eigenvalue weighted by molar-refractivity contribution is -0.119. The molecule has 0 bridgehead atoms. The molecule has 20 heavy (non-hydrogen) atoms. The number of rotatable bonds is 7. The molecule has 1 aromatic carbocycles. The van der Waals surface area contributed by atoms with Crippen LogP contribution in [0.4, 0.5) is 5.69 Å². The zero-order chi connectivity index (χ0) is 14.4. The lowest BCUT2D eigenvalue weighted by atomic mass is 10.1. The number of carbonyl (C=O) groups excluding carboxylic acids is 1. The van der Waals surface area contributed by atoms with Crippen molar-refractivity contribution in [3.8, 4) is 0 Å². The Morgan fingerprint density at radius 3 is 2.65 bits per heavy atom. The van der Waals surface area contributed by atoms with E-state index >= 15 is 0 Å². The van der Waals surface area contributed by atoms with Gasteiger partial charge in [-0.15, -0.1) is 11.3 Å². The number of nitrogens with two attached hydrogens (primary N) is 2. The molecule has 0 fully saturated rings. The number of hydrogen-bond acceptors (Lipinski definition) is 4. The second-order valence-corrected chi connectivity index (χ2v) is 5.74. The first-order valence-corrected chi connectivity index (χ1v) is 7.39. The molecule has 0 unspecified atom stereocenters. The molecule has 0 atom stereocenters. The van der Waals surface area contributed by atoms with E-state index in [1.807, 2.05) is 35.2 Å². The van der Waals surface area contributed by atoms with Crippen LogP contribution in [0.3, 0.4) is 0 Å². The van der Waals surface area contributed by atoms with Gasteiger partial charge >= 0.3 is 0 Å². The first-order valence-electron chi connectivity index (χ1n) is 6.51. The molecule has 1 amide bonds. The number of thiophene rings is 1. The van der Waals surface area contributed by atoms with Crippen LogP contribution in [-0.4, -0.2) is 23.9 Å². The molecule has 0 aliphatic rings. The molecule has 0 radical (unpaired) electrons. The summed E-state index contributed by atoms with van der Waals surface area (Å²) in [5.74, 6) is -0.314. The van der Waals surface area contributed by atoms with Crippen LogP contribution in [0.5, 0.6) is 0 Å². The molecule has 0 saturated carbocycles. The molecule has 2 aromatic rings. The number of hydrogen-bond donors (Lipinski definition) is 2. The average Bonchev–Trinajstić information content (AvgIpc) is 2.91. The van der Waals surface area contributed by atoms with Crippen LogP contribution < -0.4 is 11.5 Å². The van der Waals surface area contributed by atoms with Crippen LogP contribution in [0.2, 0.25) is 0 Å². The summed E-state index contributed by atoms with van der Waals surface area (Å²) in [4.78, 5) is 14.5. The van der Waals surface area contributed by atoms with Gasteiger partial charge in [-0.05, 0) is 29.5 Å². The van der Waals surface area contributed by atoms with Crippen LogP contribution in [-0.2, 0) is 17.8 Å². The molecule has 2 rings (SSSR count). The molecule has 106 valence electrons. The monoisotopic (exact) mass is 289 g/mol. The quantitative estimate of drug-likeness (QED) is 0.764. The highest BCUT2D eigenvalue weighted by molar-refractivity contribution is 7.09. The summed E-state index contributed by atoms with van der Waals surface area (Å²) in [5.41, 5.74) is 13.1. The summed E-state index contributed by atoms with van der Waals surface area (Å²) in [6.45, 7) is 1.68. The molecule has 4 N–H and O–H groups in total. The summed E-state index contributed by atoms with van der Waals surface area (Å²) in [6.07, 6.45) is 0.914. The summed E-state index contributed by atoms with van der Waals surface area (Å²) >= 11 is 1.73. The van der Waals surface area contributed by atoms with E-state index < -0.39 is 0 Å². The van der Waals surface area contributed by atoms with E-state index in [-0.39, 0.29) is 12.5 Å². The minimum atomic E-state index is -0.314. The Balaban J connectivity index is 1.99. The zero-order valence-corrected chi connectivity index (χ0v) is 12.1. The Labute approximate surface area is 123 Å². The largest absolute Gasteiger partial charge is 0.398 e. The van der Waals surface area contributed by atoms with E-state index in [1.165, 1.54) is 4.88 Å². The second-order valence-electron chi connectivity index (χ2n) is 4.71. The van der Waals surface area contributed by atoms with Crippen molar-refractivity contribution < 1.29 is 4.79 Å². The van der Waals surface area contributed by atoms with Gasteiger partial charge in [0.05, 0.1) is 6.54 Å². The number of carbonyl (C=O) groups is 1. The number of benzene rings is 1. The van der Waals surface area contributed by atoms with Crippen molar-refractivity contribution in [3.63, 3.8) is 0 Å². The molecular weight excluding hydrogens is 270 g/mol. The predicted molar refractivity (Wildman–Crippen MR) is 83.3 cm³/mol. The van der Waals surface area contributed by atoms with Gasteiger partial charge in [-0.3, -0.25) is 9.69 Å². The normalized spacial score (nSPS) is 10.8. The van der Waals surface area contributed by atoms with Gasteiger partial charge in [0.2, 0.25) is 5.91 Å². The Bertz CT molecular complexity index is 554. The molecular formula is C15H19N3OS. The van der Waals surface area contributed by atoms with Gasteiger partial charge in [0.1, 0.15) is 0 Å². The standard InChI is InChI=1S/C15H19N3OS/c16-14-6-2-1-4-12(14)10-18(11-15(17)19)8-7-13-5-3-9-20-13/h1-6,9H,7-8,10-11,16H2,(H2,17,19). The van der Waals surface area contributed by atoms with E-state index in [9.17, 15) is 4.79 Å². The average molecular weight is 289 g/mol. The van der Waals surface area contributed by atoms with Gasteiger partial charge in [0.15, 0.2) is 0 Å². The van der Waals surface area contributed by atoms with E-state index in [0.717, 1.165) is 24.2 Å². The predicted octanol–water partition coefficient (Wildman–Crippen LogP) is 1.86. The van der Waals surface area contributed by atoms with Gasteiger partial charge in [0, 0.05) is 23.7 Å². The van der Waals surface area contributed by atoms with Crippen molar-refractivity contribution in [3.05, 3.63) is 52.2 Å². The van der Waals surface area contributed by atoms with Crippen molar-refractivity contribution in [2.75, 3.05) is 18.8 Å². The van der Waals surface area contributed by atoms with E-state index in [1.54, 1.807) is 11.3 Å². The van der Waals surface area contributed by atoms with Crippen LogP contribution in [0.1, 0.15) is 10.4 Å². The zero-order valence-electron chi connectivity index (χ0n) is 11.3. The molecule has 1 aromatic heterocycles. The van der Waals surface area contributed by atoms with E-state index in [4.69, 9.17) is 11.5 Å². The maximum Gasteiger partial charge on any atom is 0.231 e. The van der Waals surface area contributed by atoms with E-state index in [0.29, 0.717) is 6.54 Å². The van der Waals surface area contributed by atoms with Crippen molar-refractivity contribution in [2.24, 2.45) is 5.73 Å². The van der Waals surface area contributed by atoms with Crippen molar-refractivity contribution in [1.29, 1.82) is 0 Å². The molecule has 0 spiro atoms. The fourth-order valence-electron chi connectivity index (χ4n) is 2.08. The van der Waals surface area contributed by atoms with Crippen LogP contribution >= 0.6 is 11.3 Å². The van der Waals surface area contributed by atoms with Crippen molar-refractivity contribution in [1.82, 2.24) is 4.90 Å². The van der Waals surface area contributed by atoms with Crippen molar-refractivity contribution in [2.45, 2.75) is 13.0 Å². The number of amides is 1. The fraction of sp³-hybridized carbons (Fsp3) is 0.267. The molecule has 0 aliphatic carbocycles.